The first kappa shape index (κ1) is 17.4. The Morgan fingerprint density at radius 3 is 2.78 bits per heavy atom. The molecule has 0 aromatic carbocycles. The summed E-state index contributed by atoms with van der Waals surface area (Å²) in [5.74, 6) is 0.139. The topological polar surface area (TPSA) is 74.3 Å². The van der Waals surface area contributed by atoms with Gasteiger partial charge in [0, 0.05) is 50.9 Å². The molecule has 0 unspecified atom stereocenters. The zero-order valence-electron chi connectivity index (χ0n) is 13.9. The van der Waals surface area contributed by atoms with E-state index in [1.54, 1.807) is 19.4 Å². The van der Waals surface area contributed by atoms with Gasteiger partial charge in [0.25, 0.3) is 0 Å². The molecule has 6 heteroatoms. The van der Waals surface area contributed by atoms with Gasteiger partial charge in [0.15, 0.2) is 0 Å². The van der Waals surface area contributed by atoms with Gasteiger partial charge in [0.1, 0.15) is 0 Å². The van der Waals surface area contributed by atoms with Crippen LogP contribution in [0.1, 0.15) is 31.2 Å². The van der Waals surface area contributed by atoms with E-state index in [0.717, 1.165) is 18.4 Å². The molecule has 2 amide bonds. The number of carbonyl (C=O) groups excluding carboxylic acids is 2. The normalized spacial score (nSPS) is 21.1. The summed E-state index contributed by atoms with van der Waals surface area (Å²) >= 11 is 0. The van der Waals surface area contributed by atoms with Crippen molar-refractivity contribution in [2.45, 2.75) is 44.2 Å². The predicted octanol–water partition coefficient (Wildman–Crippen LogP) is 0.729. The molecular weight excluding hydrogens is 292 g/mol. The number of likely N-dealkylation sites (N-methyl/N-ethyl adjacent to an activating group) is 1. The second kappa shape index (κ2) is 8.62. The van der Waals surface area contributed by atoms with Gasteiger partial charge in [-0.25, -0.2) is 0 Å². The van der Waals surface area contributed by atoms with Crippen LogP contribution in [0.3, 0.4) is 0 Å². The molecule has 0 radical (unpaired) electrons. The highest BCUT2D eigenvalue weighted by Gasteiger charge is 2.31. The smallest absolute Gasteiger partial charge is 0.221 e. The van der Waals surface area contributed by atoms with Crippen LogP contribution in [0.5, 0.6) is 0 Å². The maximum absolute atomic E-state index is 12.0. The molecule has 2 rings (SSSR count). The fraction of sp³-hybridized carbons (Fsp3) is 0.588. The molecule has 1 aromatic rings. The Labute approximate surface area is 137 Å². The zero-order valence-corrected chi connectivity index (χ0v) is 13.9. The number of nitrogens with zero attached hydrogens (tertiary/aromatic N) is 2. The quantitative estimate of drug-likeness (QED) is 0.777. The minimum absolute atomic E-state index is 0.0667. The van der Waals surface area contributed by atoms with E-state index in [2.05, 4.69) is 20.5 Å². The van der Waals surface area contributed by atoms with E-state index < -0.39 is 0 Å². The van der Waals surface area contributed by atoms with Crippen LogP contribution >= 0.6 is 0 Å². The average molecular weight is 318 g/mol. The largest absolute Gasteiger partial charge is 0.359 e. The van der Waals surface area contributed by atoms with Crippen LogP contribution in [0, 0.1) is 0 Å². The summed E-state index contributed by atoms with van der Waals surface area (Å²) in [5, 5.41) is 5.68. The lowest BCUT2D eigenvalue weighted by Gasteiger charge is -2.25. The minimum Gasteiger partial charge on any atom is -0.359 e. The molecule has 1 aliphatic heterocycles. The summed E-state index contributed by atoms with van der Waals surface area (Å²) in [7, 11) is 3.70. The summed E-state index contributed by atoms with van der Waals surface area (Å²) in [6.07, 6.45) is 7.25. The number of pyridine rings is 1. The lowest BCUT2D eigenvalue weighted by Crippen LogP contribution is -2.42. The van der Waals surface area contributed by atoms with E-state index in [0.29, 0.717) is 31.8 Å². The van der Waals surface area contributed by atoms with E-state index in [1.165, 1.54) is 0 Å². The Bertz CT molecular complexity index is 521. The molecule has 1 aromatic heterocycles. The molecule has 1 fully saturated rings. The van der Waals surface area contributed by atoms with Crippen LogP contribution in [-0.4, -0.2) is 54.4 Å². The summed E-state index contributed by atoms with van der Waals surface area (Å²) < 4.78 is 0. The maximum Gasteiger partial charge on any atom is 0.221 e. The Morgan fingerprint density at radius 1 is 1.30 bits per heavy atom. The maximum atomic E-state index is 12.0. The molecule has 1 aliphatic rings. The second-order valence-corrected chi connectivity index (χ2v) is 6.09. The number of hydrogen-bond donors (Lipinski definition) is 2. The van der Waals surface area contributed by atoms with Crippen molar-refractivity contribution < 1.29 is 9.59 Å². The van der Waals surface area contributed by atoms with Crippen LogP contribution in [0.2, 0.25) is 0 Å². The van der Waals surface area contributed by atoms with Crippen molar-refractivity contribution in [3.63, 3.8) is 0 Å². The number of aromatic nitrogens is 1. The SMILES string of the molecule is CNC(=O)C[C@H]1CC[C@@H](CNC(=O)CCc2cccnc2)N1C. The predicted molar refractivity (Wildman–Crippen MR) is 88.8 cm³/mol. The standard InChI is InChI=1S/C17H26N4O2/c1-18-17(23)10-14-6-7-15(21(14)2)12-20-16(22)8-5-13-4-3-9-19-11-13/h3-4,9,11,14-15H,5-8,10,12H2,1-2H3,(H,18,23)(H,20,22)/t14-,15+/m1/s1. The molecule has 1 saturated heterocycles. The molecule has 0 aliphatic carbocycles. The number of aryl methyl sites for hydroxylation is 1. The highest BCUT2D eigenvalue weighted by molar-refractivity contribution is 5.76. The summed E-state index contributed by atoms with van der Waals surface area (Å²) in [6.45, 7) is 0.645. The molecule has 2 atom stereocenters. The Morgan fingerprint density at radius 2 is 2.09 bits per heavy atom. The third-order valence-corrected chi connectivity index (χ3v) is 4.58. The first-order valence-electron chi connectivity index (χ1n) is 8.18. The monoisotopic (exact) mass is 318 g/mol. The van der Waals surface area contributed by atoms with Gasteiger partial charge < -0.3 is 10.6 Å². The average Bonchev–Trinajstić information content (AvgIpc) is 2.92. The van der Waals surface area contributed by atoms with Gasteiger partial charge in [0.05, 0.1) is 0 Å². The van der Waals surface area contributed by atoms with Crippen molar-refractivity contribution in [1.82, 2.24) is 20.5 Å². The highest BCUT2D eigenvalue weighted by atomic mass is 16.2. The van der Waals surface area contributed by atoms with Gasteiger partial charge in [-0.1, -0.05) is 6.07 Å². The molecular formula is C17H26N4O2. The minimum atomic E-state index is 0.0667. The second-order valence-electron chi connectivity index (χ2n) is 6.09. The third kappa shape index (κ3) is 5.32. The van der Waals surface area contributed by atoms with Crippen molar-refractivity contribution in [2.24, 2.45) is 0 Å². The Balaban J connectivity index is 1.69. The van der Waals surface area contributed by atoms with Crippen molar-refractivity contribution in [1.29, 1.82) is 0 Å². The van der Waals surface area contributed by atoms with Crippen LogP contribution < -0.4 is 10.6 Å². The molecule has 0 bridgehead atoms. The Kier molecular flexibility index (Phi) is 6.52. The van der Waals surface area contributed by atoms with E-state index in [-0.39, 0.29) is 17.9 Å². The molecule has 126 valence electrons. The van der Waals surface area contributed by atoms with E-state index in [1.807, 2.05) is 19.2 Å². The van der Waals surface area contributed by atoms with Crippen molar-refractivity contribution in [3.05, 3.63) is 30.1 Å². The lowest BCUT2D eigenvalue weighted by atomic mass is 10.1. The lowest BCUT2D eigenvalue weighted by molar-refractivity contribution is -0.122. The summed E-state index contributed by atoms with van der Waals surface area (Å²) in [4.78, 5) is 29.7. The van der Waals surface area contributed by atoms with Crippen LogP contribution in [0.25, 0.3) is 0 Å². The van der Waals surface area contributed by atoms with Gasteiger partial charge in [-0.2, -0.15) is 0 Å². The van der Waals surface area contributed by atoms with Gasteiger partial charge in [-0.15, -0.1) is 0 Å². The van der Waals surface area contributed by atoms with Crippen molar-refractivity contribution in [2.75, 3.05) is 20.6 Å². The van der Waals surface area contributed by atoms with Gasteiger partial charge in [-0.05, 0) is 37.9 Å². The van der Waals surface area contributed by atoms with Crippen molar-refractivity contribution in [3.8, 4) is 0 Å². The van der Waals surface area contributed by atoms with Gasteiger partial charge >= 0.3 is 0 Å². The Hall–Kier alpha value is -1.95. The van der Waals surface area contributed by atoms with E-state index in [4.69, 9.17) is 0 Å². The molecule has 6 nitrogen and oxygen atoms in total. The van der Waals surface area contributed by atoms with Crippen LogP contribution in [0.4, 0.5) is 0 Å². The fourth-order valence-electron chi connectivity index (χ4n) is 3.02. The van der Waals surface area contributed by atoms with Crippen LogP contribution in [0.15, 0.2) is 24.5 Å². The zero-order chi connectivity index (χ0) is 16.7. The van der Waals surface area contributed by atoms with Gasteiger partial charge in [0.2, 0.25) is 11.8 Å². The fourth-order valence-corrected chi connectivity index (χ4v) is 3.02. The molecule has 0 saturated carbocycles. The number of likely N-dealkylation sites (tertiary alicyclic amines) is 1. The first-order chi connectivity index (χ1) is 11.1. The number of amides is 2. The molecule has 23 heavy (non-hydrogen) atoms. The van der Waals surface area contributed by atoms with Crippen molar-refractivity contribution >= 4 is 11.8 Å². The first-order valence-corrected chi connectivity index (χ1v) is 8.18. The third-order valence-electron chi connectivity index (χ3n) is 4.58. The molecule has 0 spiro atoms. The summed E-state index contributed by atoms with van der Waals surface area (Å²) in [6, 6.07) is 4.45. The number of rotatable bonds is 7. The number of nitrogens with one attached hydrogen (secondary N) is 2. The number of carbonyl (C=O) groups is 2. The van der Waals surface area contributed by atoms with E-state index in [9.17, 15) is 9.59 Å². The summed E-state index contributed by atoms with van der Waals surface area (Å²) in [5.41, 5.74) is 1.08. The molecule has 2 heterocycles. The molecule has 2 N–H and O–H groups in total. The van der Waals surface area contributed by atoms with E-state index >= 15 is 0 Å². The van der Waals surface area contributed by atoms with Gasteiger partial charge in [-0.3, -0.25) is 19.5 Å². The number of hydrogen-bond acceptors (Lipinski definition) is 4. The van der Waals surface area contributed by atoms with Crippen LogP contribution in [-0.2, 0) is 16.0 Å². The highest BCUT2D eigenvalue weighted by Crippen LogP contribution is 2.24.